The number of aliphatic carboxylic acids is 1. The van der Waals surface area contributed by atoms with E-state index in [1.807, 2.05) is 0 Å². The number of aromatic nitrogens is 1. The van der Waals surface area contributed by atoms with Crippen LogP contribution in [-0.4, -0.2) is 22.4 Å². The Labute approximate surface area is 105 Å². The summed E-state index contributed by atoms with van der Waals surface area (Å²) < 4.78 is 76.5. The van der Waals surface area contributed by atoms with Crippen LogP contribution in [0.15, 0.2) is 10.9 Å². The largest absolute Gasteiger partial charge is 0.573 e. The normalized spacial score (nSPS) is 12.3. The quantitative estimate of drug-likeness (QED) is 0.836. The first kappa shape index (κ1) is 15.9. The highest BCUT2D eigenvalue weighted by Crippen LogP contribution is 2.30. The first-order valence-electron chi connectivity index (χ1n) is 4.71. The Morgan fingerprint density at radius 1 is 1.25 bits per heavy atom. The van der Waals surface area contributed by atoms with Gasteiger partial charge in [-0.2, -0.15) is 13.2 Å². The van der Waals surface area contributed by atoms with Gasteiger partial charge in [0.15, 0.2) is 5.75 Å². The van der Waals surface area contributed by atoms with E-state index in [0.717, 1.165) is 4.98 Å². The summed E-state index contributed by atoms with van der Waals surface area (Å²) in [5, 5.41) is 8.44. The molecule has 1 rings (SSSR count). The lowest BCUT2D eigenvalue weighted by atomic mass is 10.1. The molecule has 11 heteroatoms. The molecule has 1 heterocycles. The average molecular weight is 305 g/mol. The number of rotatable bonds is 3. The maximum atomic E-state index is 12.4. The fourth-order valence-electron chi connectivity index (χ4n) is 1.28. The molecule has 0 radical (unpaired) electrons. The molecule has 0 atom stereocenters. The van der Waals surface area contributed by atoms with E-state index in [9.17, 15) is 35.9 Å². The fraction of sp³-hybridized carbons (Fsp3) is 0.333. The predicted molar refractivity (Wildman–Crippen MR) is 50.1 cm³/mol. The Morgan fingerprint density at radius 2 is 1.80 bits per heavy atom. The number of alkyl halides is 6. The highest BCUT2D eigenvalue weighted by molar-refractivity contribution is 5.71. The van der Waals surface area contributed by atoms with Crippen molar-refractivity contribution in [1.29, 1.82) is 0 Å². The van der Waals surface area contributed by atoms with Crippen LogP contribution in [0.5, 0.6) is 5.75 Å². The molecule has 0 aliphatic carbocycles. The van der Waals surface area contributed by atoms with Crippen molar-refractivity contribution in [3.8, 4) is 5.75 Å². The number of hydrogen-bond acceptors (Lipinski definition) is 3. The summed E-state index contributed by atoms with van der Waals surface area (Å²) in [6.07, 6.45) is -11.6. The van der Waals surface area contributed by atoms with Crippen molar-refractivity contribution in [1.82, 2.24) is 4.98 Å². The van der Waals surface area contributed by atoms with Crippen molar-refractivity contribution in [2.45, 2.75) is 19.0 Å². The number of nitrogens with one attached hydrogen (secondary N) is 1. The van der Waals surface area contributed by atoms with Gasteiger partial charge in [-0.25, -0.2) is 0 Å². The minimum atomic E-state index is -5.35. The Hall–Kier alpha value is -2.20. The summed E-state index contributed by atoms with van der Waals surface area (Å²) in [4.78, 5) is 22.8. The molecule has 5 nitrogen and oxygen atoms in total. The summed E-state index contributed by atoms with van der Waals surface area (Å²) in [5.41, 5.74) is -4.53. The third-order valence-electron chi connectivity index (χ3n) is 1.93. The van der Waals surface area contributed by atoms with E-state index in [-0.39, 0.29) is 6.07 Å². The molecule has 0 unspecified atom stereocenters. The van der Waals surface area contributed by atoms with Gasteiger partial charge in [0.2, 0.25) is 0 Å². The molecule has 20 heavy (non-hydrogen) atoms. The smallest absolute Gasteiger partial charge is 0.481 e. The first-order valence-corrected chi connectivity index (χ1v) is 4.71. The zero-order chi connectivity index (χ0) is 15.7. The average Bonchev–Trinajstić information content (AvgIpc) is 2.18. The van der Waals surface area contributed by atoms with Crippen molar-refractivity contribution in [2.24, 2.45) is 0 Å². The molecule has 1 aromatic heterocycles. The van der Waals surface area contributed by atoms with E-state index in [2.05, 4.69) is 4.74 Å². The fourth-order valence-corrected chi connectivity index (χ4v) is 1.28. The van der Waals surface area contributed by atoms with Crippen LogP contribution in [0.2, 0.25) is 0 Å². The van der Waals surface area contributed by atoms with E-state index in [4.69, 9.17) is 5.11 Å². The maximum Gasteiger partial charge on any atom is 0.573 e. The number of carbonyl (C=O) groups is 1. The van der Waals surface area contributed by atoms with Crippen molar-refractivity contribution < 1.29 is 41.0 Å². The van der Waals surface area contributed by atoms with E-state index in [0.29, 0.717) is 0 Å². The molecule has 0 amide bonds. The summed E-state index contributed by atoms with van der Waals surface area (Å²) in [6.45, 7) is 0. The molecular weight excluding hydrogens is 300 g/mol. The van der Waals surface area contributed by atoms with Gasteiger partial charge in [-0.3, -0.25) is 9.59 Å². The summed E-state index contributed by atoms with van der Waals surface area (Å²) in [7, 11) is 0. The molecule has 112 valence electrons. The second-order valence-corrected chi connectivity index (χ2v) is 3.48. The number of pyridine rings is 1. The van der Waals surface area contributed by atoms with Crippen molar-refractivity contribution in [2.75, 3.05) is 0 Å². The maximum absolute atomic E-state index is 12.4. The number of halogens is 6. The van der Waals surface area contributed by atoms with Gasteiger partial charge in [-0.1, -0.05) is 0 Å². The third-order valence-corrected chi connectivity index (χ3v) is 1.93. The third kappa shape index (κ3) is 4.17. The van der Waals surface area contributed by atoms with Gasteiger partial charge >= 0.3 is 18.5 Å². The number of aromatic amines is 1. The molecule has 0 aliphatic rings. The topological polar surface area (TPSA) is 79.4 Å². The number of hydrogen-bond donors (Lipinski definition) is 2. The monoisotopic (exact) mass is 305 g/mol. The van der Waals surface area contributed by atoms with Gasteiger partial charge in [0.1, 0.15) is 5.69 Å². The molecule has 0 aromatic carbocycles. The molecule has 1 aromatic rings. The van der Waals surface area contributed by atoms with Crippen LogP contribution in [0.3, 0.4) is 0 Å². The van der Waals surface area contributed by atoms with Crippen LogP contribution in [-0.2, 0) is 17.4 Å². The molecule has 0 bridgehead atoms. The minimum Gasteiger partial charge on any atom is -0.481 e. The van der Waals surface area contributed by atoms with Crippen molar-refractivity contribution in [3.05, 3.63) is 27.7 Å². The van der Waals surface area contributed by atoms with E-state index in [1.54, 1.807) is 0 Å². The number of carboxylic acid groups (broad SMARTS) is 1. The van der Waals surface area contributed by atoms with E-state index >= 15 is 0 Å². The van der Waals surface area contributed by atoms with Gasteiger partial charge in [0, 0.05) is 5.56 Å². The van der Waals surface area contributed by atoms with Gasteiger partial charge < -0.3 is 14.8 Å². The summed E-state index contributed by atoms with van der Waals surface area (Å²) >= 11 is 0. The van der Waals surface area contributed by atoms with Crippen LogP contribution in [0.4, 0.5) is 26.3 Å². The summed E-state index contributed by atoms with van der Waals surface area (Å²) in [5.74, 6) is -3.26. The molecule has 0 fully saturated rings. The number of H-pyrrole nitrogens is 1. The zero-order valence-electron chi connectivity index (χ0n) is 9.22. The minimum absolute atomic E-state index is 0.0800. The highest BCUT2D eigenvalue weighted by atomic mass is 19.4. The lowest BCUT2D eigenvalue weighted by molar-refractivity contribution is -0.275. The highest BCUT2D eigenvalue weighted by Gasteiger charge is 2.37. The lowest BCUT2D eigenvalue weighted by Crippen LogP contribution is -2.27. The first-order chi connectivity index (χ1) is 8.90. The summed E-state index contributed by atoms with van der Waals surface area (Å²) in [6, 6.07) is 0.0800. The van der Waals surface area contributed by atoms with Crippen LogP contribution in [0.1, 0.15) is 11.3 Å². The predicted octanol–water partition coefficient (Wildman–Crippen LogP) is 1.92. The van der Waals surface area contributed by atoms with E-state index < -0.39 is 47.5 Å². The second-order valence-electron chi connectivity index (χ2n) is 3.48. The van der Waals surface area contributed by atoms with Crippen molar-refractivity contribution >= 4 is 5.97 Å². The van der Waals surface area contributed by atoms with Crippen LogP contribution in [0, 0.1) is 0 Å². The SMILES string of the molecule is O=C(O)Cc1cc(C(F)(F)F)[nH]c(=O)c1OC(F)(F)F. The van der Waals surface area contributed by atoms with Crippen LogP contribution < -0.4 is 10.3 Å². The molecular formula is C9H5F6NO4. The van der Waals surface area contributed by atoms with E-state index in [1.165, 1.54) is 0 Å². The van der Waals surface area contributed by atoms with Gasteiger partial charge in [0.25, 0.3) is 5.56 Å². The van der Waals surface area contributed by atoms with Gasteiger partial charge in [0.05, 0.1) is 6.42 Å². The second kappa shape index (κ2) is 5.06. The molecule has 0 aliphatic heterocycles. The molecule has 0 saturated heterocycles. The Kier molecular flexibility index (Phi) is 4.01. The number of carboxylic acids is 1. The van der Waals surface area contributed by atoms with Crippen molar-refractivity contribution in [3.63, 3.8) is 0 Å². The van der Waals surface area contributed by atoms with Crippen LogP contribution in [0.25, 0.3) is 0 Å². The van der Waals surface area contributed by atoms with Gasteiger partial charge in [-0.05, 0) is 6.07 Å². The Balaban J connectivity index is 3.43. The van der Waals surface area contributed by atoms with Gasteiger partial charge in [-0.15, -0.1) is 13.2 Å². The Bertz CT molecular complexity index is 573. The standard InChI is InChI=1S/C9H5F6NO4/c10-8(11,12)4-1-3(2-5(17)18)6(7(19)16-4)20-9(13,14)15/h1H,2H2,(H,16,19)(H,17,18). The Morgan fingerprint density at radius 3 is 2.20 bits per heavy atom. The molecule has 0 spiro atoms. The lowest BCUT2D eigenvalue weighted by Gasteiger charge is -2.14. The van der Waals surface area contributed by atoms with Crippen LogP contribution >= 0.6 is 0 Å². The molecule has 2 N–H and O–H groups in total. The molecule has 0 saturated carbocycles. The number of ether oxygens (including phenoxy) is 1. The zero-order valence-corrected chi connectivity index (χ0v) is 9.22.